The number of hydrogen-bond donors (Lipinski definition) is 0. The molecule has 0 spiro atoms. The van der Waals surface area contributed by atoms with Gasteiger partial charge in [-0.15, -0.1) is 11.3 Å². The molecule has 17 heavy (non-hydrogen) atoms. The number of thiophene rings is 1. The molecule has 0 radical (unpaired) electrons. The van der Waals surface area contributed by atoms with Crippen LogP contribution in [-0.4, -0.2) is 5.78 Å². The normalized spacial score (nSPS) is 10.5. The molecular weight excluding hydrogens is 252 g/mol. The van der Waals surface area contributed by atoms with E-state index in [9.17, 15) is 4.79 Å². The second kappa shape index (κ2) is 5.03. The number of rotatable bonds is 3. The van der Waals surface area contributed by atoms with Crippen molar-refractivity contribution in [3.8, 4) is 0 Å². The predicted molar refractivity (Wildman–Crippen MR) is 73.3 cm³/mol. The van der Waals surface area contributed by atoms with Gasteiger partial charge >= 0.3 is 0 Å². The van der Waals surface area contributed by atoms with Crippen molar-refractivity contribution in [2.45, 2.75) is 20.3 Å². The van der Waals surface area contributed by atoms with Gasteiger partial charge in [-0.2, -0.15) is 0 Å². The van der Waals surface area contributed by atoms with E-state index in [0.29, 0.717) is 11.4 Å². The Bertz CT molecular complexity index is 540. The summed E-state index contributed by atoms with van der Waals surface area (Å²) in [6, 6.07) is 9.49. The zero-order valence-corrected chi connectivity index (χ0v) is 11.4. The van der Waals surface area contributed by atoms with Crippen LogP contribution >= 0.6 is 22.9 Å². The Labute approximate surface area is 110 Å². The van der Waals surface area contributed by atoms with Gasteiger partial charge in [0.15, 0.2) is 5.78 Å². The van der Waals surface area contributed by atoms with Gasteiger partial charge in [-0.05, 0) is 43.2 Å². The van der Waals surface area contributed by atoms with E-state index in [1.54, 1.807) is 11.3 Å². The van der Waals surface area contributed by atoms with Crippen molar-refractivity contribution in [1.82, 2.24) is 0 Å². The molecule has 3 heteroatoms. The maximum Gasteiger partial charge on any atom is 0.177 e. The van der Waals surface area contributed by atoms with E-state index in [-0.39, 0.29) is 5.78 Å². The minimum Gasteiger partial charge on any atom is -0.293 e. The molecule has 0 atom stereocenters. The minimum atomic E-state index is 0.183. The first kappa shape index (κ1) is 12.3. The number of aryl methyl sites for hydroxylation is 2. The molecule has 1 aromatic carbocycles. The molecule has 1 nitrogen and oxygen atoms in total. The zero-order valence-electron chi connectivity index (χ0n) is 9.79. The Morgan fingerprint density at radius 2 is 1.88 bits per heavy atom. The Hall–Kier alpha value is -1.12. The molecule has 0 aliphatic heterocycles. The molecule has 0 N–H and O–H groups in total. The molecule has 1 heterocycles. The van der Waals surface area contributed by atoms with E-state index in [4.69, 9.17) is 11.6 Å². The average molecular weight is 265 g/mol. The van der Waals surface area contributed by atoms with Gasteiger partial charge in [0.2, 0.25) is 0 Å². The van der Waals surface area contributed by atoms with Crippen molar-refractivity contribution in [2.24, 2.45) is 0 Å². The monoisotopic (exact) mass is 264 g/mol. The lowest BCUT2D eigenvalue weighted by Crippen LogP contribution is -2.02. The fourth-order valence-electron chi connectivity index (χ4n) is 1.79. The summed E-state index contributed by atoms with van der Waals surface area (Å²) in [6.45, 7) is 4.01. The number of halogens is 1. The van der Waals surface area contributed by atoms with Crippen LogP contribution in [0.1, 0.15) is 25.7 Å². The summed E-state index contributed by atoms with van der Waals surface area (Å²) >= 11 is 7.38. The van der Waals surface area contributed by atoms with Crippen molar-refractivity contribution < 1.29 is 4.79 Å². The summed E-state index contributed by atoms with van der Waals surface area (Å²) in [5.41, 5.74) is 2.08. The summed E-state index contributed by atoms with van der Waals surface area (Å²) in [7, 11) is 0. The molecular formula is C14H13ClOS. The lowest BCUT2D eigenvalue weighted by Gasteiger charge is -2.00. The summed E-state index contributed by atoms with van der Waals surface area (Å²) in [5, 5.41) is 0.698. The van der Waals surface area contributed by atoms with Gasteiger partial charge in [-0.25, -0.2) is 0 Å². The van der Waals surface area contributed by atoms with Crippen LogP contribution < -0.4 is 0 Å². The lowest BCUT2D eigenvalue weighted by molar-refractivity contribution is 0.0996. The second-order valence-electron chi connectivity index (χ2n) is 4.10. The van der Waals surface area contributed by atoms with Crippen LogP contribution in [-0.2, 0) is 6.42 Å². The Morgan fingerprint density at radius 3 is 2.41 bits per heavy atom. The molecule has 0 saturated carbocycles. The smallest absolute Gasteiger partial charge is 0.177 e. The molecule has 0 aliphatic rings. The highest BCUT2D eigenvalue weighted by Gasteiger charge is 2.12. The summed E-state index contributed by atoms with van der Waals surface area (Å²) in [4.78, 5) is 14.2. The summed E-state index contributed by atoms with van der Waals surface area (Å²) in [6.07, 6.45) is 0.442. The maximum atomic E-state index is 12.1. The number of carbonyl (C=O) groups excluding carboxylic acids is 1. The number of carbonyl (C=O) groups is 1. The van der Waals surface area contributed by atoms with Crippen molar-refractivity contribution in [3.63, 3.8) is 0 Å². The lowest BCUT2D eigenvalue weighted by atomic mass is 10.1. The molecule has 0 aliphatic carbocycles. The molecule has 2 aromatic rings. The fraction of sp³-hybridized carbons (Fsp3) is 0.214. The van der Waals surface area contributed by atoms with Gasteiger partial charge in [0.05, 0.1) is 4.88 Å². The van der Waals surface area contributed by atoms with E-state index in [0.717, 1.165) is 16.0 Å². The Kier molecular flexibility index (Phi) is 3.65. The summed E-state index contributed by atoms with van der Waals surface area (Å²) < 4.78 is 0. The Morgan fingerprint density at radius 1 is 1.24 bits per heavy atom. The molecule has 88 valence electrons. The van der Waals surface area contributed by atoms with Gasteiger partial charge in [0.25, 0.3) is 0 Å². The maximum absolute atomic E-state index is 12.1. The molecule has 0 bridgehead atoms. The highest BCUT2D eigenvalue weighted by atomic mass is 35.5. The van der Waals surface area contributed by atoms with Crippen LogP contribution in [0.4, 0.5) is 0 Å². The third-order valence-corrected chi connectivity index (χ3v) is 4.02. The van der Waals surface area contributed by atoms with Crippen molar-refractivity contribution >= 4 is 28.7 Å². The van der Waals surface area contributed by atoms with Crippen LogP contribution in [0.5, 0.6) is 0 Å². The van der Waals surface area contributed by atoms with Crippen molar-refractivity contribution in [2.75, 3.05) is 0 Å². The zero-order chi connectivity index (χ0) is 12.4. The highest BCUT2D eigenvalue weighted by Crippen LogP contribution is 2.23. The fourth-order valence-corrected chi connectivity index (χ4v) is 2.88. The van der Waals surface area contributed by atoms with Crippen LogP contribution in [0.15, 0.2) is 30.3 Å². The van der Waals surface area contributed by atoms with E-state index in [2.05, 4.69) is 6.07 Å². The van der Waals surface area contributed by atoms with Crippen LogP contribution in [0.2, 0.25) is 5.02 Å². The molecule has 0 unspecified atom stereocenters. The van der Waals surface area contributed by atoms with Crippen molar-refractivity contribution in [3.05, 3.63) is 56.2 Å². The topological polar surface area (TPSA) is 17.1 Å². The van der Waals surface area contributed by atoms with Gasteiger partial charge in [-0.3, -0.25) is 4.79 Å². The van der Waals surface area contributed by atoms with E-state index in [1.807, 2.05) is 38.1 Å². The van der Waals surface area contributed by atoms with Gasteiger partial charge < -0.3 is 0 Å². The summed E-state index contributed by atoms with van der Waals surface area (Å²) in [5.74, 6) is 0.183. The van der Waals surface area contributed by atoms with Crippen LogP contribution in [0, 0.1) is 13.8 Å². The first-order valence-corrected chi connectivity index (χ1v) is 6.60. The number of Topliss-reactive ketones (excluding diaryl/α,β-unsaturated/α-hetero) is 1. The first-order chi connectivity index (χ1) is 8.06. The average Bonchev–Trinajstić information content (AvgIpc) is 2.61. The van der Waals surface area contributed by atoms with E-state index in [1.165, 1.54) is 4.88 Å². The minimum absolute atomic E-state index is 0.183. The van der Waals surface area contributed by atoms with Crippen LogP contribution in [0.3, 0.4) is 0 Å². The van der Waals surface area contributed by atoms with Crippen LogP contribution in [0.25, 0.3) is 0 Å². The number of hydrogen-bond acceptors (Lipinski definition) is 2. The number of benzene rings is 1. The SMILES string of the molecule is Cc1cc(C)c(C(=O)Cc2ccc(Cl)cc2)s1. The highest BCUT2D eigenvalue weighted by molar-refractivity contribution is 7.14. The predicted octanol–water partition coefficient (Wildman–Crippen LogP) is 4.44. The molecule has 0 fully saturated rings. The Balaban J connectivity index is 2.17. The molecule has 0 saturated heterocycles. The van der Waals surface area contributed by atoms with Crippen molar-refractivity contribution in [1.29, 1.82) is 0 Å². The molecule has 0 amide bonds. The quantitative estimate of drug-likeness (QED) is 0.749. The molecule has 1 aromatic heterocycles. The first-order valence-electron chi connectivity index (χ1n) is 5.41. The van der Waals surface area contributed by atoms with E-state index >= 15 is 0 Å². The number of ketones is 1. The third kappa shape index (κ3) is 2.96. The largest absolute Gasteiger partial charge is 0.293 e. The van der Waals surface area contributed by atoms with Gasteiger partial charge in [0.1, 0.15) is 0 Å². The third-order valence-electron chi connectivity index (χ3n) is 2.57. The van der Waals surface area contributed by atoms with E-state index < -0.39 is 0 Å². The standard InChI is InChI=1S/C14H13ClOS/c1-9-7-10(2)17-14(9)13(16)8-11-3-5-12(15)6-4-11/h3-7H,8H2,1-2H3. The molecule has 2 rings (SSSR count). The van der Waals surface area contributed by atoms with Gasteiger partial charge in [-0.1, -0.05) is 23.7 Å². The van der Waals surface area contributed by atoms with Gasteiger partial charge in [0, 0.05) is 16.3 Å². The second-order valence-corrected chi connectivity index (χ2v) is 5.79.